The maximum absolute atomic E-state index is 13.6. The van der Waals surface area contributed by atoms with Gasteiger partial charge in [0.25, 0.3) is 0 Å². The molecule has 2 rings (SSSR count). The van der Waals surface area contributed by atoms with Crippen LogP contribution in [-0.4, -0.2) is 12.9 Å². The lowest BCUT2D eigenvalue weighted by atomic mass is 10.0. The van der Waals surface area contributed by atoms with Gasteiger partial charge in [-0.1, -0.05) is 0 Å². The first kappa shape index (κ1) is 13.2. The number of hydrogen-bond donors (Lipinski definition) is 0. The smallest absolute Gasteiger partial charge is 0.195 e. The molecule has 4 heteroatoms. The third-order valence-corrected chi connectivity index (χ3v) is 2.85. The van der Waals surface area contributed by atoms with Crippen molar-refractivity contribution in [3.05, 3.63) is 64.7 Å². The normalized spacial score (nSPS) is 10.3. The van der Waals surface area contributed by atoms with Crippen molar-refractivity contribution in [3.8, 4) is 5.75 Å². The highest BCUT2D eigenvalue weighted by molar-refractivity contribution is 6.09. The molecule has 0 aliphatic heterocycles. The highest BCUT2D eigenvalue weighted by Gasteiger charge is 2.16. The average Bonchev–Trinajstić information content (AvgIpc) is 2.42. The standard InChI is InChI=1S/C15H12F2O2/c1-9-7-12(14(17)8-13(9)16)15(18)10-3-5-11(19-2)6-4-10/h3-8H,1-2H3. The van der Waals surface area contributed by atoms with E-state index in [0.29, 0.717) is 11.3 Å². The first-order valence-corrected chi connectivity index (χ1v) is 5.67. The second kappa shape index (κ2) is 5.18. The fourth-order valence-electron chi connectivity index (χ4n) is 1.73. The first-order chi connectivity index (χ1) is 9.02. The lowest BCUT2D eigenvalue weighted by Crippen LogP contribution is -2.05. The van der Waals surface area contributed by atoms with Crippen LogP contribution in [0.3, 0.4) is 0 Å². The number of hydrogen-bond acceptors (Lipinski definition) is 2. The Morgan fingerprint density at radius 2 is 1.68 bits per heavy atom. The molecule has 0 unspecified atom stereocenters. The molecule has 19 heavy (non-hydrogen) atoms. The van der Waals surface area contributed by atoms with Crippen LogP contribution < -0.4 is 4.74 Å². The Labute approximate surface area is 109 Å². The van der Waals surface area contributed by atoms with Gasteiger partial charge in [-0.15, -0.1) is 0 Å². The fourth-order valence-corrected chi connectivity index (χ4v) is 1.73. The van der Waals surface area contributed by atoms with E-state index in [9.17, 15) is 13.6 Å². The van der Waals surface area contributed by atoms with E-state index in [1.165, 1.54) is 20.1 Å². The van der Waals surface area contributed by atoms with Crippen LogP contribution in [0.4, 0.5) is 8.78 Å². The Bertz CT molecular complexity index is 619. The first-order valence-electron chi connectivity index (χ1n) is 5.67. The molecule has 0 aliphatic carbocycles. The molecule has 2 aromatic rings. The van der Waals surface area contributed by atoms with Crippen LogP contribution in [-0.2, 0) is 0 Å². The summed E-state index contributed by atoms with van der Waals surface area (Å²) in [5.74, 6) is -1.40. The predicted octanol–water partition coefficient (Wildman–Crippen LogP) is 3.51. The van der Waals surface area contributed by atoms with Crippen LogP contribution in [0.15, 0.2) is 36.4 Å². The molecule has 0 spiro atoms. The Balaban J connectivity index is 2.40. The Kier molecular flexibility index (Phi) is 3.60. The second-order valence-electron chi connectivity index (χ2n) is 4.14. The molecule has 2 nitrogen and oxygen atoms in total. The number of ether oxygens (including phenoxy) is 1. The average molecular weight is 262 g/mol. The minimum absolute atomic E-state index is 0.135. The molecule has 0 radical (unpaired) electrons. The van der Waals surface area contributed by atoms with E-state index < -0.39 is 17.4 Å². The SMILES string of the molecule is COc1ccc(C(=O)c2cc(C)c(F)cc2F)cc1. The number of methoxy groups -OCH3 is 1. The van der Waals surface area contributed by atoms with Gasteiger partial charge in [-0.2, -0.15) is 0 Å². The van der Waals surface area contributed by atoms with E-state index in [-0.39, 0.29) is 11.1 Å². The molecule has 0 heterocycles. The second-order valence-corrected chi connectivity index (χ2v) is 4.14. The largest absolute Gasteiger partial charge is 0.497 e. The van der Waals surface area contributed by atoms with Crippen molar-refractivity contribution in [2.24, 2.45) is 0 Å². The number of aryl methyl sites for hydroxylation is 1. The van der Waals surface area contributed by atoms with Gasteiger partial charge in [0.05, 0.1) is 12.7 Å². The van der Waals surface area contributed by atoms with Gasteiger partial charge in [0.15, 0.2) is 5.78 Å². The summed E-state index contributed by atoms with van der Waals surface area (Å²) < 4.78 is 31.8. The molecule has 0 atom stereocenters. The molecule has 98 valence electrons. The highest BCUT2D eigenvalue weighted by atomic mass is 19.1. The maximum atomic E-state index is 13.6. The van der Waals surface area contributed by atoms with Gasteiger partial charge in [-0.3, -0.25) is 4.79 Å². The van der Waals surface area contributed by atoms with Crippen LogP contribution in [0.1, 0.15) is 21.5 Å². The van der Waals surface area contributed by atoms with Crippen LogP contribution in [0.25, 0.3) is 0 Å². The van der Waals surface area contributed by atoms with Crippen molar-refractivity contribution in [1.82, 2.24) is 0 Å². The fraction of sp³-hybridized carbons (Fsp3) is 0.133. The number of rotatable bonds is 3. The van der Waals surface area contributed by atoms with E-state index in [1.54, 1.807) is 24.3 Å². The quantitative estimate of drug-likeness (QED) is 0.791. The van der Waals surface area contributed by atoms with Gasteiger partial charge in [0.1, 0.15) is 17.4 Å². The maximum Gasteiger partial charge on any atom is 0.195 e. The highest BCUT2D eigenvalue weighted by Crippen LogP contribution is 2.19. The Morgan fingerprint density at radius 1 is 1.05 bits per heavy atom. The Morgan fingerprint density at radius 3 is 2.26 bits per heavy atom. The van der Waals surface area contributed by atoms with Crippen molar-refractivity contribution < 1.29 is 18.3 Å². The van der Waals surface area contributed by atoms with Gasteiger partial charge in [0, 0.05) is 11.6 Å². The van der Waals surface area contributed by atoms with Crippen LogP contribution in [0.5, 0.6) is 5.75 Å². The lowest BCUT2D eigenvalue weighted by molar-refractivity contribution is 0.103. The van der Waals surface area contributed by atoms with Crippen molar-refractivity contribution >= 4 is 5.78 Å². The third-order valence-electron chi connectivity index (χ3n) is 2.85. The number of halogens is 2. The lowest BCUT2D eigenvalue weighted by Gasteiger charge is -2.06. The zero-order valence-corrected chi connectivity index (χ0v) is 10.5. The minimum Gasteiger partial charge on any atom is -0.497 e. The molecule has 0 aliphatic rings. The van der Waals surface area contributed by atoms with E-state index >= 15 is 0 Å². The molecule has 0 N–H and O–H groups in total. The molecule has 0 fully saturated rings. The Hall–Kier alpha value is -2.23. The molecule has 0 saturated carbocycles. The zero-order valence-electron chi connectivity index (χ0n) is 10.5. The molecule has 0 bridgehead atoms. The summed E-state index contributed by atoms with van der Waals surface area (Å²) >= 11 is 0. The van der Waals surface area contributed by atoms with Crippen molar-refractivity contribution in [2.45, 2.75) is 6.92 Å². The van der Waals surface area contributed by atoms with Gasteiger partial charge in [-0.05, 0) is 42.8 Å². The molecular formula is C15H12F2O2. The zero-order chi connectivity index (χ0) is 14.0. The van der Waals surface area contributed by atoms with Crippen LogP contribution in [0.2, 0.25) is 0 Å². The number of benzene rings is 2. The third kappa shape index (κ3) is 2.62. The van der Waals surface area contributed by atoms with E-state index in [2.05, 4.69) is 0 Å². The molecular weight excluding hydrogens is 250 g/mol. The van der Waals surface area contributed by atoms with Crippen molar-refractivity contribution in [3.63, 3.8) is 0 Å². The minimum atomic E-state index is -0.857. The van der Waals surface area contributed by atoms with E-state index in [1.807, 2.05) is 0 Å². The van der Waals surface area contributed by atoms with Gasteiger partial charge in [-0.25, -0.2) is 8.78 Å². The van der Waals surface area contributed by atoms with Gasteiger partial charge >= 0.3 is 0 Å². The van der Waals surface area contributed by atoms with Crippen molar-refractivity contribution in [1.29, 1.82) is 0 Å². The van der Waals surface area contributed by atoms with Crippen molar-refractivity contribution in [2.75, 3.05) is 7.11 Å². The number of carbonyl (C=O) groups is 1. The van der Waals surface area contributed by atoms with Crippen LogP contribution in [0, 0.1) is 18.6 Å². The van der Waals surface area contributed by atoms with E-state index in [4.69, 9.17) is 4.74 Å². The summed E-state index contributed by atoms with van der Waals surface area (Å²) in [7, 11) is 1.51. The summed E-state index contributed by atoms with van der Waals surface area (Å²) in [6.07, 6.45) is 0. The summed E-state index contributed by atoms with van der Waals surface area (Å²) in [5.41, 5.74) is 0.424. The summed E-state index contributed by atoms with van der Waals surface area (Å²) in [6.45, 7) is 1.49. The molecule has 2 aromatic carbocycles. The molecule has 0 saturated heterocycles. The topological polar surface area (TPSA) is 26.3 Å². The predicted molar refractivity (Wildman–Crippen MR) is 67.5 cm³/mol. The van der Waals surface area contributed by atoms with E-state index in [0.717, 1.165) is 6.07 Å². The molecule has 0 aromatic heterocycles. The number of carbonyl (C=O) groups excluding carboxylic acids is 1. The number of ketones is 1. The van der Waals surface area contributed by atoms with Crippen LogP contribution >= 0.6 is 0 Å². The summed E-state index contributed by atoms with van der Waals surface area (Å²) in [6, 6.07) is 8.25. The monoisotopic (exact) mass is 262 g/mol. The van der Waals surface area contributed by atoms with Gasteiger partial charge < -0.3 is 4.74 Å². The summed E-state index contributed by atoms with van der Waals surface area (Å²) in [4.78, 5) is 12.1. The summed E-state index contributed by atoms with van der Waals surface area (Å²) in [5, 5.41) is 0. The van der Waals surface area contributed by atoms with Gasteiger partial charge in [0.2, 0.25) is 0 Å². The molecule has 0 amide bonds.